The Balaban J connectivity index is 1.29. The number of halogens is 3. The molecule has 0 unspecified atom stereocenters. The van der Waals surface area contributed by atoms with Gasteiger partial charge in [0.1, 0.15) is 18.2 Å². The van der Waals surface area contributed by atoms with Gasteiger partial charge in [-0.3, -0.25) is 0 Å². The molecule has 0 amide bonds. The van der Waals surface area contributed by atoms with Crippen molar-refractivity contribution >= 4 is 55.9 Å². The van der Waals surface area contributed by atoms with Crippen LogP contribution >= 0.6 is 31.9 Å². The van der Waals surface area contributed by atoms with Gasteiger partial charge in [0.25, 0.3) is 0 Å². The van der Waals surface area contributed by atoms with Crippen molar-refractivity contribution in [1.82, 2.24) is 15.0 Å². The predicted molar refractivity (Wildman–Crippen MR) is 148 cm³/mol. The molecule has 3 aromatic rings. The van der Waals surface area contributed by atoms with Crippen LogP contribution in [-0.4, -0.2) is 60.6 Å². The Bertz CT molecular complexity index is 1240. The molecule has 37 heavy (non-hydrogen) atoms. The van der Waals surface area contributed by atoms with Crippen LogP contribution in [0.3, 0.4) is 0 Å². The first-order valence-corrected chi connectivity index (χ1v) is 13.6. The van der Waals surface area contributed by atoms with E-state index in [-0.39, 0.29) is 12.4 Å². The van der Waals surface area contributed by atoms with Gasteiger partial charge in [0.15, 0.2) is 0 Å². The van der Waals surface area contributed by atoms with Crippen LogP contribution in [-0.2, 0) is 11.3 Å². The summed E-state index contributed by atoms with van der Waals surface area (Å²) in [5.41, 5.74) is 4.26. The van der Waals surface area contributed by atoms with Crippen LogP contribution in [0.2, 0.25) is 0 Å². The van der Waals surface area contributed by atoms with Gasteiger partial charge in [0, 0.05) is 31.7 Å². The highest BCUT2D eigenvalue weighted by Crippen LogP contribution is 2.35. The molecule has 194 valence electrons. The SMILES string of the molecule is Fc1ccccc1COc1c(Br)cc(/C=N/Nc2nc(N3CCCC3)nc(N3CCOCC3)n2)cc1Br. The Morgan fingerprint density at radius 3 is 2.30 bits per heavy atom. The molecule has 2 aromatic carbocycles. The molecule has 0 saturated carbocycles. The zero-order chi connectivity index (χ0) is 25.6. The van der Waals surface area contributed by atoms with Gasteiger partial charge in [-0.1, -0.05) is 18.2 Å². The number of benzene rings is 2. The highest BCUT2D eigenvalue weighted by atomic mass is 79.9. The highest BCUT2D eigenvalue weighted by molar-refractivity contribution is 9.11. The van der Waals surface area contributed by atoms with E-state index >= 15 is 0 Å². The summed E-state index contributed by atoms with van der Waals surface area (Å²) in [6.07, 6.45) is 3.93. The Hall–Kier alpha value is -2.83. The minimum absolute atomic E-state index is 0.114. The Morgan fingerprint density at radius 1 is 0.973 bits per heavy atom. The molecule has 5 rings (SSSR count). The number of hydrogen-bond acceptors (Lipinski definition) is 9. The molecule has 0 bridgehead atoms. The normalized spacial score (nSPS) is 16.0. The van der Waals surface area contributed by atoms with Crippen molar-refractivity contribution in [3.05, 3.63) is 62.3 Å². The fourth-order valence-corrected chi connectivity index (χ4v) is 5.54. The number of rotatable bonds is 8. The van der Waals surface area contributed by atoms with E-state index < -0.39 is 0 Å². The third kappa shape index (κ3) is 6.55. The van der Waals surface area contributed by atoms with Gasteiger partial charge in [0.2, 0.25) is 17.8 Å². The molecule has 2 saturated heterocycles. The summed E-state index contributed by atoms with van der Waals surface area (Å²) < 4.78 is 26.7. The standard InChI is InChI=1S/C25H26Br2FN7O2/c26-19-13-17(14-20(27)22(19)37-16-18-5-1-2-6-21(18)28)15-29-33-23-30-24(34-7-3-4-8-34)32-25(31-23)35-9-11-36-12-10-35/h1-2,5-6,13-15H,3-4,7-12,16H2,(H,30,31,32,33)/b29-15+. The van der Waals surface area contributed by atoms with E-state index in [1.165, 1.54) is 6.07 Å². The molecule has 2 fully saturated rings. The zero-order valence-corrected chi connectivity index (χ0v) is 23.2. The lowest BCUT2D eigenvalue weighted by atomic mass is 10.2. The number of hydrazone groups is 1. The Kier molecular flexibility index (Phi) is 8.47. The summed E-state index contributed by atoms with van der Waals surface area (Å²) in [4.78, 5) is 18.2. The monoisotopic (exact) mass is 633 g/mol. The molecule has 0 atom stereocenters. The number of anilines is 3. The molecule has 0 aliphatic carbocycles. The smallest absolute Gasteiger partial charge is 0.250 e. The van der Waals surface area contributed by atoms with Crippen molar-refractivity contribution in [3.8, 4) is 5.75 Å². The van der Waals surface area contributed by atoms with Gasteiger partial charge >= 0.3 is 0 Å². The summed E-state index contributed by atoms with van der Waals surface area (Å²) in [5, 5.41) is 4.36. The van der Waals surface area contributed by atoms with Crippen molar-refractivity contribution in [3.63, 3.8) is 0 Å². The molecule has 2 aliphatic rings. The molecule has 2 aliphatic heterocycles. The lowest BCUT2D eigenvalue weighted by Gasteiger charge is -2.27. The van der Waals surface area contributed by atoms with Crippen molar-refractivity contribution in [2.75, 3.05) is 54.6 Å². The van der Waals surface area contributed by atoms with Crippen LogP contribution in [0.15, 0.2) is 50.4 Å². The van der Waals surface area contributed by atoms with E-state index in [9.17, 15) is 4.39 Å². The Labute approximate surface area is 231 Å². The van der Waals surface area contributed by atoms with Gasteiger partial charge in [0.05, 0.1) is 28.4 Å². The second-order valence-electron chi connectivity index (χ2n) is 8.62. The molecule has 0 radical (unpaired) electrons. The van der Waals surface area contributed by atoms with Crippen LogP contribution in [0.25, 0.3) is 0 Å². The second-order valence-corrected chi connectivity index (χ2v) is 10.3. The average molecular weight is 635 g/mol. The maximum absolute atomic E-state index is 13.9. The highest BCUT2D eigenvalue weighted by Gasteiger charge is 2.21. The molecule has 3 heterocycles. The first-order valence-electron chi connectivity index (χ1n) is 12.0. The number of morpholine rings is 1. The van der Waals surface area contributed by atoms with E-state index in [0.717, 1.165) is 44.6 Å². The average Bonchev–Trinajstić information content (AvgIpc) is 3.45. The van der Waals surface area contributed by atoms with E-state index in [1.54, 1.807) is 24.4 Å². The number of hydrogen-bond donors (Lipinski definition) is 1. The van der Waals surface area contributed by atoms with E-state index in [1.807, 2.05) is 12.1 Å². The van der Waals surface area contributed by atoms with Crippen LogP contribution in [0.5, 0.6) is 5.75 Å². The lowest BCUT2D eigenvalue weighted by Crippen LogP contribution is -2.38. The maximum Gasteiger partial charge on any atom is 0.250 e. The van der Waals surface area contributed by atoms with Gasteiger partial charge in [-0.25, -0.2) is 9.82 Å². The summed E-state index contributed by atoms with van der Waals surface area (Å²) in [5.74, 6) is 1.95. The topological polar surface area (TPSA) is 88.0 Å². The van der Waals surface area contributed by atoms with Crippen LogP contribution in [0.4, 0.5) is 22.2 Å². The molecule has 9 nitrogen and oxygen atoms in total. The number of nitrogens with zero attached hydrogens (tertiary/aromatic N) is 6. The predicted octanol–water partition coefficient (Wildman–Crippen LogP) is 5.00. The van der Waals surface area contributed by atoms with Crippen molar-refractivity contribution < 1.29 is 13.9 Å². The molecule has 1 N–H and O–H groups in total. The summed E-state index contributed by atoms with van der Waals surface area (Å²) in [6, 6.07) is 10.3. The van der Waals surface area contributed by atoms with Crippen LogP contribution in [0, 0.1) is 5.82 Å². The molecule has 12 heteroatoms. The first-order chi connectivity index (χ1) is 18.1. The largest absolute Gasteiger partial charge is 0.486 e. The third-order valence-electron chi connectivity index (χ3n) is 6.02. The van der Waals surface area contributed by atoms with E-state index in [0.29, 0.717) is 51.3 Å². The van der Waals surface area contributed by atoms with Gasteiger partial charge in [-0.2, -0.15) is 20.1 Å². The fraction of sp³-hybridized carbons (Fsp3) is 0.360. The van der Waals surface area contributed by atoms with Gasteiger partial charge in [-0.05, 0) is 68.5 Å². The molecular weight excluding hydrogens is 609 g/mol. The summed E-state index contributed by atoms with van der Waals surface area (Å²) in [6.45, 7) is 4.75. The van der Waals surface area contributed by atoms with Crippen LogP contribution in [0.1, 0.15) is 24.0 Å². The number of nitrogens with one attached hydrogen (secondary N) is 1. The van der Waals surface area contributed by atoms with Crippen molar-refractivity contribution in [2.45, 2.75) is 19.4 Å². The summed E-state index contributed by atoms with van der Waals surface area (Å²) in [7, 11) is 0. The quantitative estimate of drug-likeness (QED) is 0.274. The molecular formula is C25H26Br2FN7O2. The van der Waals surface area contributed by atoms with Crippen molar-refractivity contribution in [1.29, 1.82) is 0 Å². The van der Waals surface area contributed by atoms with E-state index in [2.05, 4.69) is 62.2 Å². The molecule has 1 aromatic heterocycles. The van der Waals surface area contributed by atoms with Gasteiger partial charge in [-0.15, -0.1) is 0 Å². The third-order valence-corrected chi connectivity index (χ3v) is 7.20. The second kappa shape index (κ2) is 12.1. The van der Waals surface area contributed by atoms with Gasteiger partial charge < -0.3 is 19.3 Å². The fourth-order valence-electron chi connectivity index (χ4n) is 4.09. The van der Waals surface area contributed by atoms with E-state index in [4.69, 9.17) is 14.5 Å². The zero-order valence-electron chi connectivity index (χ0n) is 20.0. The Morgan fingerprint density at radius 2 is 1.62 bits per heavy atom. The lowest BCUT2D eigenvalue weighted by molar-refractivity contribution is 0.122. The number of ether oxygens (including phenoxy) is 2. The minimum Gasteiger partial charge on any atom is -0.486 e. The first kappa shape index (κ1) is 25.8. The maximum atomic E-state index is 13.9. The summed E-state index contributed by atoms with van der Waals surface area (Å²) >= 11 is 7.09. The number of aromatic nitrogens is 3. The van der Waals surface area contributed by atoms with Crippen LogP contribution < -0.4 is 20.0 Å². The minimum atomic E-state index is -0.299. The van der Waals surface area contributed by atoms with Crippen molar-refractivity contribution in [2.24, 2.45) is 5.10 Å². The molecule has 0 spiro atoms.